The van der Waals surface area contributed by atoms with Crippen LogP contribution < -0.4 is 16.8 Å². The van der Waals surface area contributed by atoms with Gasteiger partial charge in [0.05, 0.1) is 11.8 Å². The second-order valence-corrected chi connectivity index (χ2v) is 4.69. The van der Waals surface area contributed by atoms with E-state index in [1.807, 2.05) is 18.2 Å². The van der Waals surface area contributed by atoms with E-state index in [-0.39, 0.29) is 0 Å². The summed E-state index contributed by atoms with van der Waals surface area (Å²) in [6, 6.07) is 10.2. The maximum Gasteiger partial charge on any atom is 0.186 e. The average Bonchev–Trinajstić information content (AvgIpc) is 2.86. The number of rotatable bonds is 3. The highest BCUT2D eigenvalue weighted by atomic mass is 15.3. The average molecular weight is 256 g/mol. The van der Waals surface area contributed by atoms with E-state index in [9.17, 15) is 0 Å². The molecule has 0 aliphatic carbocycles. The van der Waals surface area contributed by atoms with Crippen LogP contribution in [0.4, 0.5) is 5.82 Å². The topological polar surface area (TPSA) is 105 Å². The van der Waals surface area contributed by atoms with E-state index in [4.69, 9.17) is 11.5 Å². The lowest BCUT2D eigenvalue weighted by atomic mass is 10.0. The number of hydrogen-bond donors (Lipinski definition) is 4. The van der Waals surface area contributed by atoms with E-state index in [2.05, 4.69) is 32.6 Å². The van der Waals surface area contributed by atoms with E-state index < -0.39 is 5.79 Å². The summed E-state index contributed by atoms with van der Waals surface area (Å²) in [5, 5.41) is 9.92. The number of aromatic amines is 1. The maximum absolute atomic E-state index is 6.24. The minimum Gasteiger partial charge on any atom is -0.383 e. The highest BCUT2D eigenvalue weighted by Crippen LogP contribution is 2.24. The van der Waals surface area contributed by atoms with Crippen LogP contribution in [0.15, 0.2) is 41.5 Å². The molecule has 1 unspecified atom stereocenters. The number of anilines is 1. The van der Waals surface area contributed by atoms with Gasteiger partial charge in [0.2, 0.25) is 0 Å². The lowest BCUT2D eigenvalue weighted by Gasteiger charge is -2.31. The van der Waals surface area contributed by atoms with Crippen molar-refractivity contribution in [2.75, 3.05) is 5.32 Å². The summed E-state index contributed by atoms with van der Waals surface area (Å²) in [5.41, 5.74) is 14.1. The number of aromatic nitrogens is 2. The van der Waals surface area contributed by atoms with E-state index in [1.54, 1.807) is 6.20 Å². The van der Waals surface area contributed by atoms with E-state index in [1.165, 1.54) is 5.56 Å². The molecule has 1 aliphatic rings. The Morgan fingerprint density at radius 3 is 2.79 bits per heavy atom. The van der Waals surface area contributed by atoms with Gasteiger partial charge in [-0.15, -0.1) is 0 Å². The van der Waals surface area contributed by atoms with Gasteiger partial charge >= 0.3 is 0 Å². The number of hydrogen-bond acceptors (Lipinski definition) is 5. The third kappa shape index (κ3) is 2.30. The molecule has 1 atom stereocenters. The van der Waals surface area contributed by atoms with Gasteiger partial charge < -0.3 is 11.1 Å². The van der Waals surface area contributed by atoms with Crippen molar-refractivity contribution in [3.05, 3.63) is 47.7 Å². The molecular formula is C13H16N6. The summed E-state index contributed by atoms with van der Waals surface area (Å²) in [6.45, 7) is 0. The number of aryl methyl sites for hydroxylation is 1. The van der Waals surface area contributed by atoms with Gasteiger partial charge in [0.1, 0.15) is 11.7 Å². The van der Waals surface area contributed by atoms with Crippen LogP contribution in [0.25, 0.3) is 0 Å². The number of amidine groups is 1. The SMILES string of the molecule is NC1=NC(N)(CCc2ccccc2)Nc2[nH]ncc21. The van der Waals surface area contributed by atoms with Gasteiger partial charge in [0, 0.05) is 6.42 Å². The summed E-state index contributed by atoms with van der Waals surface area (Å²) < 4.78 is 0. The predicted molar refractivity (Wildman–Crippen MR) is 74.6 cm³/mol. The first-order valence-electron chi connectivity index (χ1n) is 6.16. The van der Waals surface area contributed by atoms with Crippen LogP contribution in [-0.4, -0.2) is 21.8 Å². The maximum atomic E-state index is 6.24. The molecule has 0 spiro atoms. The van der Waals surface area contributed by atoms with E-state index in [0.29, 0.717) is 12.3 Å². The third-order valence-corrected chi connectivity index (χ3v) is 3.21. The van der Waals surface area contributed by atoms with Gasteiger partial charge in [-0.1, -0.05) is 30.3 Å². The van der Waals surface area contributed by atoms with Crippen molar-refractivity contribution < 1.29 is 0 Å². The Kier molecular flexibility index (Phi) is 2.72. The first-order chi connectivity index (χ1) is 9.16. The van der Waals surface area contributed by atoms with Crippen molar-refractivity contribution in [2.24, 2.45) is 16.5 Å². The normalized spacial score (nSPS) is 21.4. The number of benzene rings is 1. The van der Waals surface area contributed by atoms with Gasteiger partial charge in [0.15, 0.2) is 5.79 Å². The van der Waals surface area contributed by atoms with Gasteiger partial charge in [-0.25, -0.2) is 4.99 Å². The summed E-state index contributed by atoms with van der Waals surface area (Å²) >= 11 is 0. The van der Waals surface area contributed by atoms with Crippen molar-refractivity contribution in [1.82, 2.24) is 10.2 Å². The number of fused-ring (bicyclic) bond motifs is 1. The van der Waals surface area contributed by atoms with Crippen molar-refractivity contribution in [3.63, 3.8) is 0 Å². The Morgan fingerprint density at radius 2 is 2.00 bits per heavy atom. The second kappa shape index (κ2) is 4.40. The number of H-pyrrole nitrogens is 1. The number of aliphatic imine (C=N–C) groups is 1. The number of nitrogens with zero attached hydrogens (tertiary/aromatic N) is 2. The van der Waals surface area contributed by atoms with Gasteiger partial charge in [-0.3, -0.25) is 10.8 Å². The molecule has 0 amide bonds. The Hall–Kier alpha value is -2.34. The van der Waals surface area contributed by atoms with Crippen molar-refractivity contribution in [2.45, 2.75) is 18.6 Å². The molecule has 6 heteroatoms. The highest BCUT2D eigenvalue weighted by Gasteiger charge is 2.30. The van der Waals surface area contributed by atoms with Crippen molar-refractivity contribution >= 4 is 11.7 Å². The zero-order valence-electron chi connectivity index (χ0n) is 10.4. The minimum absolute atomic E-state index is 0.415. The zero-order chi connectivity index (χ0) is 13.3. The van der Waals surface area contributed by atoms with Crippen LogP contribution in [0.5, 0.6) is 0 Å². The monoisotopic (exact) mass is 256 g/mol. The molecule has 2 aromatic rings. The molecule has 0 radical (unpaired) electrons. The number of nitrogens with two attached hydrogens (primary N) is 2. The smallest absolute Gasteiger partial charge is 0.186 e. The van der Waals surface area contributed by atoms with Gasteiger partial charge in [0.25, 0.3) is 0 Å². The molecule has 6 nitrogen and oxygen atoms in total. The quantitative estimate of drug-likeness (QED) is 0.651. The largest absolute Gasteiger partial charge is 0.383 e. The van der Waals surface area contributed by atoms with Crippen LogP contribution in [0.1, 0.15) is 17.5 Å². The molecule has 2 heterocycles. The third-order valence-electron chi connectivity index (χ3n) is 3.21. The predicted octanol–water partition coefficient (Wildman–Crippen LogP) is 0.786. The summed E-state index contributed by atoms with van der Waals surface area (Å²) in [6.07, 6.45) is 3.11. The first-order valence-corrected chi connectivity index (χ1v) is 6.16. The van der Waals surface area contributed by atoms with Crippen LogP contribution in [-0.2, 0) is 6.42 Å². The highest BCUT2D eigenvalue weighted by molar-refractivity contribution is 6.03. The Morgan fingerprint density at radius 1 is 1.21 bits per heavy atom. The van der Waals surface area contributed by atoms with Crippen LogP contribution in [0.3, 0.4) is 0 Å². The lowest BCUT2D eigenvalue weighted by Crippen LogP contribution is -2.50. The summed E-state index contributed by atoms with van der Waals surface area (Å²) in [5.74, 6) is 0.251. The fraction of sp³-hybridized carbons (Fsp3) is 0.231. The Balaban J connectivity index is 1.76. The molecule has 0 saturated heterocycles. The minimum atomic E-state index is -0.889. The standard InChI is InChI=1S/C13H16N6/c14-11-10-8-16-19-12(10)18-13(15,17-11)7-6-9-4-2-1-3-5-9/h1-5,8H,6-7,15H2,(H2,14,17)(H2,16,18,19). The molecule has 0 bridgehead atoms. The van der Waals surface area contributed by atoms with E-state index >= 15 is 0 Å². The summed E-state index contributed by atoms with van der Waals surface area (Å²) in [4.78, 5) is 4.34. The molecule has 1 aromatic heterocycles. The molecule has 98 valence electrons. The Labute approximate surface area is 110 Å². The molecule has 1 aromatic carbocycles. The van der Waals surface area contributed by atoms with Crippen molar-refractivity contribution in [3.8, 4) is 0 Å². The van der Waals surface area contributed by atoms with Gasteiger partial charge in [-0.05, 0) is 12.0 Å². The molecule has 1 aliphatic heterocycles. The van der Waals surface area contributed by atoms with E-state index in [0.717, 1.165) is 17.8 Å². The van der Waals surface area contributed by atoms with Crippen LogP contribution >= 0.6 is 0 Å². The molecule has 3 rings (SSSR count). The number of nitrogens with one attached hydrogen (secondary N) is 2. The fourth-order valence-corrected chi connectivity index (χ4v) is 2.19. The molecule has 0 saturated carbocycles. The fourth-order valence-electron chi connectivity index (χ4n) is 2.19. The summed E-state index contributed by atoms with van der Waals surface area (Å²) in [7, 11) is 0. The van der Waals surface area contributed by atoms with Crippen LogP contribution in [0.2, 0.25) is 0 Å². The van der Waals surface area contributed by atoms with Gasteiger partial charge in [-0.2, -0.15) is 5.10 Å². The molecular weight excluding hydrogens is 240 g/mol. The second-order valence-electron chi connectivity index (χ2n) is 4.69. The first kappa shape index (κ1) is 11.7. The van der Waals surface area contributed by atoms with Crippen LogP contribution in [0, 0.1) is 0 Å². The van der Waals surface area contributed by atoms with Crippen molar-refractivity contribution in [1.29, 1.82) is 0 Å². The molecule has 19 heavy (non-hydrogen) atoms. The molecule has 6 N–H and O–H groups in total. The zero-order valence-corrected chi connectivity index (χ0v) is 10.4. The lowest BCUT2D eigenvalue weighted by molar-refractivity contribution is 0.464. The Bertz CT molecular complexity index is 603. The molecule has 0 fully saturated rings.